The van der Waals surface area contributed by atoms with E-state index in [4.69, 9.17) is 16.3 Å². The molecule has 0 aliphatic rings. The molecule has 0 heterocycles. The number of halogens is 1. The highest BCUT2D eigenvalue weighted by Gasteiger charge is 2.16. The zero-order valence-electron chi connectivity index (χ0n) is 14.8. The van der Waals surface area contributed by atoms with Gasteiger partial charge in [-0.25, -0.2) is 8.42 Å². The van der Waals surface area contributed by atoms with E-state index >= 15 is 0 Å². The van der Waals surface area contributed by atoms with Gasteiger partial charge in [0.1, 0.15) is 5.75 Å². The Hall–Kier alpha value is -2.05. The number of carbonyl (C=O) groups is 1. The van der Waals surface area contributed by atoms with E-state index in [1.54, 1.807) is 7.11 Å². The van der Waals surface area contributed by atoms with Gasteiger partial charge in [-0.15, -0.1) is 0 Å². The normalized spacial score (nSPS) is 11.2. The minimum Gasteiger partial charge on any atom is -0.496 e. The largest absolute Gasteiger partial charge is 0.496 e. The van der Waals surface area contributed by atoms with Gasteiger partial charge in [-0.1, -0.05) is 29.3 Å². The molecule has 7 heteroatoms. The second-order valence-corrected chi connectivity index (χ2v) is 8.48. The molecule has 0 spiro atoms. The van der Waals surface area contributed by atoms with Crippen LogP contribution < -0.4 is 10.1 Å². The molecular weight excluding hydrogens is 374 g/mol. The molecule has 0 aromatic heterocycles. The van der Waals surface area contributed by atoms with Gasteiger partial charge in [0.2, 0.25) is 5.91 Å². The van der Waals surface area contributed by atoms with E-state index in [-0.39, 0.29) is 23.0 Å². The van der Waals surface area contributed by atoms with Crippen LogP contribution >= 0.6 is 11.6 Å². The topological polar surface area (TPSA) is 72.5 Å². The lowest BCUT2D eigenvalue weighted by Crippen LogP contribution is -2.27. The fourth-order valence-electron chi connectivity index (χ4n) is 2.51. The summed E-state index contributed by atoms with van der Waals surface area (Å²) in [5, 5.41) is 3.22. The van der Waals surface area contributed by atoms with Crippen LogP contribution in [0.4, 0.5) is 0 Å². The van der Waals surface area contributed by atoms with Crippen LogP contribution in [0.15, 0.2) is 47.4 Å². The van der Waals surface area contributed by atoms with Crippen molar-refractivity contribution in [3.05, 3.63) is 58.6 Å². The Morgan fingerprint density at radius 2 is 1.85 bits per heavy atom. The highest BCUT2D eigenvalue weighted by Crippen LogP contribution is 2.20. The maximum absolute atomic E-state index is 12.2. The van der Waals surface area contributed by atoms with Crippen molar-refractivity contribution in [1.82, 2.24) is 5.32 Å². The van der Waals surface area contributed by atoms with Gasteiger partial charge in [0.05, 0.1) is 17.8 Å². The Balaban J connectivity index is 1.84. The molecule has 2 aromatic carbocycles. The number of carbonyl (C=O) groups excluding carboxylic acids is 1. The Morgan fingerprint density at radius 1 is 1.15 bits per heavy atom. The summed E-state index contributed by atoms with van der Waals surface area (Å²) in [5.74, 6) is 0.234. The van der Waals surface area contributed by atoms with Crippen LogP contribution in [0.1, 0.15) is 17.5 Å². The number of nitrogens with one attached hydrogen (secondary N) is 1. The lowest BCUT2D eigenvalue weighted by Gasteiger charge is -2.10. The molecule has 2 rings (SSSR count). The lowest BCUT2D eigenvalue weighted by atomic mass is 10.1. The molecule has 2 aromatic rings. The number of sulfone groups is 1. The van der Waals surface area contributed by atoms with Crippen molar-refractivity contribution in [2.75, 3.05) is 19.4 Å². The number of benzene rings is 2. The van der Waals surface area contributed by atoms with Crippen molar-refractivity contribution in [3.8, 4) is 5.75 Å². The van der Waals surface area contributed by atoms with Gasteiger partial charge in [0.25, 0.3) is 0 Å². The summed E-state index contributed by atoms with van der Waals surface area (Å²) >= 11 is 5.76. The van der Waals surface area contributed by atoms with Gasteiger partial charge in [-0.3, -0.25) is 4.79 Å². The van der Waals surface area contributed by atoms with Crippen LogP contribution in [0.3, 0.4) is 0 Å². The molecule has 0 unspecified atom stereocenters. The summed E-state index contributed by atoms with van der Waals surface area (Å²) < 4.78 is 29.8. The van der Waals surface area contributed by atoms with Gasteiger partial charge in [-0.2, -0.15) is 0 Å². The van der Waals surface area contributed by atoms with Gasteiger partial charge in [0.15, 0.2) is 9.84 Å². The number of aryl methyl sites for hydroxylation is 1. The number of amides is 1. The first-order chi connectivity index (χ1) is 12.3. The van der Waals surface area contributed by atoms with E-state index in [2.05, 4.69) is 5.32 Å². The van der Waals surface area contributed by atoms with Gasteiger partial charge >= 0.3 is 0 Å². The van der Waals surface area contributed by atoms with Crippen molar-refractivity contribution in [2.45, 2.75) is 24.7 Å². The van der Waals surface area contributed by atoms with E-state index in [0.29, 0.717) is 18.0 Å². The van der Waals surface area contributed by atoms with E-state index in [0.717, 1.165) is 16.9 Å². The van der Waals surface area contributed by atoms with Crippen LogP contribution in [-0.2, 0) is 21.1 Å². The summed E-state index contributed by atoms with van der Waals surface area (Å²) in [6.07, 6.45) is 0.524. The number of hydrogen-bond donors (Lipinski definition) is 1. The summed E-state index contributed by atoms with van der Waals surface area (Å²) in [6, 6.07) is 11.8. The number of ether oxygens (including phenoxy) is 1. The number of rotatable bonds is 8. The Kier molecular flexibility index (Phi) is 7.06. The van der Waals surface area contributed by atoms with Crippen molar-refractivity contribution in [3.63, 3.8) is 0 Å². The smallest absolute Gasteiger partial charge is 0.221 e. The van der Waals surface area contributed by atoms with Gasteiger partial charge in [0, 0.05) is 18.0 Å². The maximum Gasteiger partial charge on any atom is 0.221 e. The third kappa shape index (κ3) is 5.75. The third-order valence-electron chi connectivity index (χ3n) is 3.92. The maximum atomic E-state index is 12.2. The van der Waals surface area contributed by atoms with E-state index in [1.165, 1.54) is 24.3 Å². The quantitative estimate of drug-likeness (QED) is 0.745. The first kappa shape index (κ1) is 20.3. The second kappa shape index (κ2) is 9.05. The van der Waals surface area contributed by atoms with Crippen LogP contribution in [0.25, 0.3) is 0 Å². The summed E-state index contributed by atoms with van der Waals surface area (Å²) in [7, 11) is -1.90. The number of hydrogen-bond acceptors (Lipinski definition) is 4. The summed E-state index contributed by atoms with van der Waals surface area (Å²) in [5.41, 5.74) is 2.11. The highest BCUT2D eigenvalue weighted by atomic mass is 35.5. The molecule has 0 bridgehead atoms. The highest BCUT2D eigenvalue weighted by molar-refractivity contribution is 7.91. The predicted molar refractivity (Wildman–Crippen MR) is 103 cm³/mol. The molecule has 0 radical (unpaired) electrons. The molecular formula is C19H22ClNO4S. The van der Waals surface area contributed by atoms with Crippen molar-refractivity contribution >= 4 is 27.3 Å². The minimum atomic E-state index is -3.51. The average molecular weight is 396 g/mol. The molecule has 140 valence electrons. The van der Waals surface area contributed by atoms with E-state index in [1.807, 2.05) is 25.1 Å². The lowest BCUT2D eigenvalue weighted by molar-refractivity contribution is -0.120. The Morgan fingerprint density at radius 3 is 2.50 bits per heavy atom. The fourth-order valence-corrected chi connectivity index (χ4v) is 3.88. The van der Waals surface area contributed by atoms with Gasteiger partial charge in [-0.05, 0) is 49.2 Å². The van der Waals surface area contributed by atoms with E-state index < -0.39 is 9.84 Å². The minimum absolute atomic E-state index is 0.0874. The molecule has 5 nitrogen and oxygen atoms in total. The first-order valence-electron chi connectivity index (χ1n) is 8.20. The molecule has 0 fully saturated rings. The Bertz CT molecular complexity index is 864. The molecule has 0 saturated heterocycles. The zero-order chi connectivity index (χ0) is 19.2. The van der Waals surface area contributed by atoms with Crippen molar-refractivity contribution in [2.24, 2.45) is 0 Å². The van der Waals surface area contributed by atoms with Crippen LogP contribution in [0.5, 0.6) is 5.75 Å². The predicted octanol–water partition coefficient (Wildman–Crippen LogP) is 3.18. The molecule has 0 saturated carbocycles. The number of methoxy groups -OCH3 is 1. The average Bonchev–Trinajstić information content (AvgIpc) is 2.61. The van der Waals surface area contributed by atoms with Crippen LogP contribution in [0.2, 0.25) is 5.02 Å². The van der Waals surface area contributed by atoms with Crippen LogP contribution in [0, 0.1) is 6.92 Å². The molecule has 0 aliphatic carbocycles. The standard InChI is InChI=1S/C19H22ClNO4S/c1-14-3-8-18(25-2)15(13-14)9-11-21-19(22)10-12-26(23,24)17-6-4-16(20)5-7-17/h3-8,13H,9-12H2,1-2H3,(H,21,22). The van der Waals surface area contributed by atoms with Gasteiger partial charge < -0.3 is 10.1 Å². The van der Waals surface area contributed by atoms with Crippen molar-refractivity contribution in [1.29, 1.82) is 0 Å². The molecule has 0 atom stereocenters. The second-order valence-electron chi connectivity index (χ2n) is 5.94. The van der Waals surface area contributed by atoms with Crippen molar-refractivity contribution < 1.29 is 17.9 Å². The zero-order valence-corrected chi connectivity index (χ0v) is 16.4. The Labute approximate surface area is 159 Å². The third-order valence-corrected chi connectivity index (χ3v) is 5.91. The molecule has 1 N–H and O–H groups in total. The fraction of sp³-hybridized carbons (Fsp3) is 0.316. The summed E-state index contributed by atoms with van der Waals surface area (Å²) in [6.45, 7) is 2.41. The van der Waals surface area contributed by atoms with Crippen LogP contribution in [-0.4, -0.2) is 33.7 Å². The summed E-state index contributed by atoms with van der Waals surface area (Å²) in [4.78, 5) is 12.1. The molecule has 1 amide bonds. The molecule has 0 aliphatic heterocycles. The first-order valence-corrected chi connectivity index (χ1v) is 10.2. The van der Waals surface area contributed by atoms with E-state index in [9.17, 15) is 13.2 Å². The SMILES string of the molecule is COc1ccc(C)cc1CCNC(=O)CCS(=O)(=O)c1ccc(Cl)cc1. The molecule has 26 heavy (non-hydrogen) atoms. The monoisotopic (exact) mass is 395 g/mol.